The first-order valence-electron chi connectivity index (χ1n) is 6.29. The molecule has 0 aliphatic heterocycles. The van der Waals surface area contributed by atoms with Gasteiger partial charge in [-0.25, -0.2) is 0 Å². The fourth-order valence-corrected chi connectivity index (χ4v) is 1.85. The summed E-state index contributed by atoms with van der Waals surface area (Å²) in [6, 6.07) is 7.83. The van der Waals surface area contributed by atoms with Crippen molar-refractivity contribution >= 4 is 11.6 Å². The molecule has 1 N–H and O–H groups in total. The van der Waals surface area contributed by atoms with Crippen molar-refractivity contribution in [2.45, 2.75) is 39.4 Å². The van der Waals surface area contributed by atoms with Gasteiger partial charge >= 0.3 is 0 Å². The van der Waals surface area contributed by atoms with Crippen molar-refractivity contribution in [1.82, 2.24) is 5.32 Å². The minimum atomic E-state index is 0.299. The molecule has 17 heavy (non-hydrogen) atoms. The largest absolute Gasteiger partial charge is 0.374 e. The molecule has 1 unspecified atom stereocenters. The molecule has 0 saturated carbocycles. The summed E-state index contributed by atoms with van der Waals surface area (Å²) < 4.78 is 5.78. The molecule has 0 amide bonds. The molecule has 1 atom stereocenters. The van der Waals surface area contributed by atoms with Crippen molar-refractivity contribution in [1.29, 1.82) is 0 Å². The lowest BCUT2D eigenvalue weighted by Gasteiger charge is -2.13. The fourth-order valence-electron chi connectivity index (χ4n) is 1.64. The van der Waals surface area contributed by atoms with E-state index in [2.05, 4.69) is 19.2 Å². The van der Waals surface area contributed by atoms with E-state index in [1.807, 2.05) is 24.3 Å². The molecule has 0 spiro atoms. The minimum absolute atomic E-state index is 0.299. The van der Waals surface area contributed by atoms with E-state index in [-0.39, 0.29) is 0 Å². The van der Waals surface area contributed by atoms with Crippen LogP contribution in [0.25, 0.3) is 0 Å². The Bertz CT molecular complexity index is 317. The molecule has 0 aliphatic carbocycles. The third-order valence-electron chi connectivity index (χ3n) is 2.64. The van der Waals surface area contributed by atoms with E-state index < -0.39 is 0 Å². The van der Waals surface area contributed by atoms with Gasteiger partial charge in [-0.05, 0) is 50.6 Å². The summed E-state index contributed by atoms with van der Waals surface area (Å²) in [6.07, 6.45) is 2.55. The van der Waals surface area contributed by atoms with Crippen LogP contribution in [-0.4, -0.2) is 19.2 Å². The third-order valence-corrected chi connectivity index (χ3v) is 2.87. The molecule has 0 aromatic heterocycles. The Morgan fingerprint density at radius 1 is 1.41 bits per heavy atom. The van der Waals surface area contributed by atoms with Crippen LogP contribution in [0.3, 0.4) is 0 Å². The summed E-state index contributed by atoms with van der Waals surface area (Å²) >= 11 is 5.91. The Hall–Kier alpha value is -0.570. The van der Waals surface area contributed by atoms with Crippen LogP contribution in [0.15, 0.2) is 24.3 Å². The first kappa shape index (κ1) is 14.5. The smallest absolute Gasteiger partial charge is 0.0721 e. The highest BCUT2D eigenvalue weighted by molar-refractivity contribution is 6.30. The average molecular weight is 256 g/mol. The molecule has 0 saturated heterocycles. The second-order valence-electron chi connectivity index (χ2n) is 4.25. The molecule has 96 valence electrons. The molecule has 1 aromatic rings. The maximum absolute atomic E-state index is 5.91. The first-order valence-corrected chi connectivity index (χ1v) is 6.67. The van der Waals surface area contributed by atoms with Gasteiger partial charge in [0.1, 0.15) is 0 Å². The van der Waals surface area contributed by atoms with E-state index >= 15 is 0 Å². The molecule has 0 bridgehead atoms. The molecule has 2 nitrogen and oxygen atoms in total. The van der Waals surface area contributed by atoms with E-state index in [0.29, 0.717) is 12.7 Å². The van der Waals surface area contributed by atoms with Crippen LogP contribution in [0.4, 0.5) is 0 Å². The van der Waals surface area contributed by atoms with Crippen LogP contribution in [0.5, 0.6) is 0 Å². The number of nitrogens with one attached hydrogen (secondary N) is 1. The molecular weight excluding hydrogens is 234 g/mol. The first-order chi connectivity index (χ1) is 8.22. The molecule has 1 aromatic carbocycles. The number of rotatable bonds is 8. The van der Waals surface area contributed by atoms with Gasteiger partial charge in [-0.15, -0.1) is 0 Å². The Balaban J connectivity index is 2.17. The van der Waals surface area contributed by atoms with Gasteiger partial charge in [0.15, 0.2) is 0 Å². The molecule has 3 heteroatoms. The number of hydrogen-bond donors (Lipinski definition) is 1. The summed E-state index contributed by atoms with van der Waals surface area (Å²) in [4.78, 5) is 0. The van der Waals surface area contributed by atoms with Gasteiger partial charge in [0.25, 0.3) is 0 Å². The number of halogens is 1. The van der Waals surface area contributed by atoms with E-state index in [4.69, 9.17) is 16.3 Å². The van der Waals surface area contributed by atoms with E-state index in [0.717, 1.165) is 36.5 Å². The third kappa shape index (κ3) is 6.67. The van der Waals surface area contributed by atoms with Crippen molar-refractivity contribution in [2.24, 2.45) is 0 Å². The standard InChI is InChI=1S/C14H22ClNO/c1-3-16-9-5-6-12(2)17-11-13-7-4-8-14(15)10-13/h4,7-8,10,12,16H,3,5-6,9,11H2,1-2H3. The monoisotopic (exact) mass is 255 g/mol. The van der Waals surface area contributed by atoms with Gasteiger partial charge in [-0.3, -0.25) is 0 Å². The highest BCUT2D eigenvalue weighted by Crippen LogP contribution is 2.13. The molecule has 1 rings (SSSR count). The van der Waals surface area contributed by atoms with E-state index in [1.54, 1.807) is 0 Å². The van der Waals surface area contributed by atoms with Gasteiger partial charge in [-0.2, -0.15) is 0 Å². The second-order valence-corrected chi connectivity index (χ2v) is 4.68. The normalized spacial score (nSPS) is 12.6. The van der Waals surface area contributed by atoms with Crippen molar-refractivity contribution in [3.05, 3.63) is 34.9 Å². The summed E-state index contributed by atoms with van der Waals surface area (Å²) in [5.41, 5.74) is 1.14. The lowest BCUT2D eigenvalue weighted by atomic mass is 10.2. The van der Waals surface area contributed by atoms with E-state index in [1.165, 1.54) is 0 Å². The zero-order valence-corrected chi connectivity index (χ0v) is 11.5. The summed E-state index contributed by atoms with van der Waals surface area (Å²) in [5.74, 6) is 0. The van der Waals surface area contributed by atoms with Crippen molar-refractivity contribution in [3.63, 3.8) is 0 Å². The SMILES string of the molecule is CCNCCCC(C)OCc1cccc(Cl)c1. The minimum Gasteiger partial charge on any atom is -0.374 e. The number of benzene rings is 1. The fraction of sp³-hybridized carbons (Fsp3) is 0.571. The summed E-state index contributed by atoms with van der Waals surface area (Å²) in [5, 5.41) is 4.08. The Morgan fingerprint density at radius 2 is 2.24 bits per heavy atom. The lowest BCUT2D eigenvalue weighted by molar-refractivity contribution is 0.0464. The van der Waals surface area contributed by atoms with Crippen molar-refractivity contribution < 1.29 is 4.74 Å². The summed E-state index contributed by atoms with van der Waals surface area (Å²) in [7, 11) is 0. The van der Waals surface area contributed by atoms with Gasteiger partial charge in [0.2, 0.25) is 0 Å². The van der Waals surface area contributed by atoms with Crippen LogP contribution >= 0.6 is 11.6 Å². The molecule has 0 heterocycles. The Labute approximate surface area is 109 Å². The average Bonchev–Trinajstić information content (AvgIpc) is 2.32. The number of hydrogen-bond acceptors (Lipinski definition) is 2. The predicted octanol–water partition coefficient (Wildman–Crippen LogP) is 3.63. The molecule has 0 aliphatic rings. The quantitative estimate of drug-likeness (QED) is 0.717. The van der Waals surface area contributed by atoms with Crippen LogP contribution in [-0.2, 0) is 11.3 Å². The predicted molar refractivity (Wildman–Crippen MR) is 73.5 cm³/mol. The van der Waals surface area contributed by atoms with Crippen LogP contribution in [0.1, 0.15) is 32.3 Å². The highest BCUT2D eigenvalue weighted by Gasteiger charge is 2.02. The van der Waals surface area contributed by atoms with Crippen LogP contribution in [0, 0.1) is 0 Å². The van der Waals surface area contributed by atoms with E-state index in [9.17, 15) is 0 Å². The molecular formula is C14H22ClNO. The van der Waals surface area contributed by atoms with Gasteiger partial charge in [0, 0.05) is 5.02 Å². The number of ether oxygens (including phenoxy) is 1. The maximum Gasteiger partial charge on any atom is 0.0721 e. The van der Waals surface area contributed by atoms with Crippen LogP contribution < -0.4 is 5.32 Å². The van der Waals surface area contributed by atoms with Crippen molar-refractivity contribution in [3.8, 4) is 0 Å². The lowest BCUT2D eigenvalue weighted by Crippen LogP contribution is -2.16. The summed E-state index contributed by atoms with van der Waals surface area (Å²) in [6.45, 7) is 7.00. The Kier molecular flexibility index (Phi) is 7.25. The maximum atomic E-state index is 5.91. The zero-order chi connectivity index (χ0) is 12.5. The highest BCUT2D eigenvalue weighted by atomic mass is 35.5. The van der Waals surface area contributed by atoms with Gasteiger partial charge < -0.3 is 10.1 Å². The van der Waals surface area contributed by atoms with Gasteiger partial charge in [0.05, 0.1) is 12.7 Å². The molecule has 0 fully saturated rings. The topological polar surface area (TPSA) is 21.3 Å². The van der Waals surface area contributed by atoms with Crippen molar-refractivity contribution in [2.75, 3.05) is 13.1 Å². The Morgan fingerprint density at radius 3 is 2.94 bits per heavy atom. The van der Waals surface area contributed by atoms with Crippen LogP contribution in [0.2, 0.25) is 5.02 Å². The van der Waals surface area contributed by atoms with Gasteiger partial charge in [-0.1, -0.05) is 30.7 Å². The second kappa shape index (κ2) is 8.51. The zero-order valence-electron chi connectivity index (χ0n) is 10.7. The molecule has 0 radical (unpaired) electrons.